The zero-order chi connectivity index (χ0) is 16.4. The Bertz CT molecular complexity index is 725. The molecule has 0 aromatic heterocycles. The summed E-state index contributed by atoms with van der Waals surface area (Å²) in [7, 11) is 4.68. The van der Waals surface area contributed by atoms with E-state index in [1.54, 1.807) is 32.4 Å². The molecule has 1 aliphatic heterocycles. The van der Waals surface area contributed by atoms with Gasteiger partial charge in [0.05, 0.1) is 19.8 Å². The van der Waals surface area contributed by atoms with Crippen LogP contribution in [0.3, 0.4) is 0 Å². The molecule has 1 aliphatic rings. The van der Waals surface area contributed by atoms with Crippen LogP contribution in [-0.2, 0) is 4.74 Å². The molecule has 0 saturated heterocycles. The first-order valence-electron chi connectivity index (χ1n) is 7.23. The van der Waals surface area contributed by atoms with Gasteiger partial charge in [-0.3, -0.25) is 4.79 Å². The van der Waals surface area contributed by atoms with Crippen LogP contribution in [0.5, 0.6) is 17.2 Å². The van der Waals surface area contributed by atoms with Gasteiger partial charge in [0.2, 0.25) is 0 Å². The van der Waals surface area contributed by atoms with Crippen molar-refractivity contribution >= 4 is 5.78 Å². The number of hydrogen-bond donors (Lipinski definition) is 0. The van der Waals surface area contributed by atoms with E-state index in [9.17, 15) is 4.79 Å². The van der Waals surface area contributed by atoms with Gasteiger partial charge in [0.25, 0.3) is 0 Å². The molecule has 2 aromatic carbocycles. The molecule has 0 bridgehead atoms. The van der Waals surface area contributed by atoms with E-state index in [-0.39, 0.29) is 5.78 Å². The van der Waals surface area contributed by atoms with Crippen molar-refractivity contribution in [3.05, 3.63) is 53.6 Å². The van der Waals surface area contributed by atoms with Crippen molar-refractivity contribution in [3.63, 3.8) is 0 Å². The normalized spacial score (nSPS) is 19.7. The van der Waals surface area contributed by atoms with Crippen LogP contribution < -0.4 is 14.2 Å². The second-order valence-corrected chi connectivity index (χ2v) is 5.20. The third kappa shape index (κ3) is 2.75. The second-order valence-electron chi connectivity index (χ2n) is 5.20. The van der Waals surface area contributed by atoms with Crippen molar-refractivity contribution in [3.8, 4) is 17.2 Å². The molecule has 2 atom stereocenters. The minimum Gasteiger partial charge on any atom is -0.497 e. The van der Waals surface area contributed by atoms with Gasteiger partial charge in [0.15, 0.2) is 18.0 Å². The van der Waals surface area contributed by atoms with E-state index in [2.05, 4.69) is 0 Å². The van der Waals surface area contributed by atoms with Crippen LogP contribution >= 0.6 is 0 Å². The Morgan fingerprint density at radius 2 is 1.70 bits per heavy atom. The molecule has 0 spiro atoms. The molecule has 0 radical (unpaired) electrons. The number of Topliss-reactive ketones (excluding diaryl/α,β-unsaturated/α-hetero) is 1. The Labute approximate surface area is 134 Å². The maximum Gasteiger partial charge on any atom is 0.199 e. The van der Waals surface area contributed by atoms with E-state index in [1.807, 2.05) is 24.3 Å². The van der Waals surface area contributed by atoms with Gasteiger partial charge in [0.1, 0.15) is 17.2 Å². The van der Waals surface area contributed by atoms with Crippen molar-refractivity contribution in [2.24, 2.45) is 0 Å². The summed E-state index contributed by atoms with van der Waals surface area (Å²) in [6.45, 7) is 0. The highest BCUT2D eigenvalue weighted by atomic mass is 16.5. The summed E-state index contributed by atoms with van der Waals surface area (Å²) in [4.78, 5) is 12.7. The molecule has 1 heterocycles. The molecule has 0 aliphatic carbocycles. The SMILES string of the molecule is COc1cccc([C@@H]2Oc3cc(OC)ccc3C(=O)[C@@H]2OC)c1. The Balaban J connectivity index is 2.04. The molecule has 5 nitrogen and oxygen atoms in total. The molecule has 5 heteroatoms. The monoisotopic (exact) mass is 314 g/mol. The molecule has 0 saturated carbocycles. The van der Waals surface area contributed by atoms with Crippen LogP contribution in [0.2, 0.25) is 0 Å². The number of hydrogen-bond acceptors (Lipinski definition) is 5. The molecule has 3 rings (SSSR count). The van der Waals surface area contributed by atoms with Crippen molar-refractivity contribution in [1.29, 1.82) is 0 Å². The number of carbonyl (C=O) groups excluding carboxylic acids is 1. The van der Waals surface area contributed by atoms with E-state index in [4.69, 9.17) is 18.9 Å². The Hall–Kier alpha value is -2.53. The lowest BCUT2D eigenvalue weighted by Gasteiger charge is -2.32. The maximum absolute atomic E-state index is 12.7. The number of fused-ring (bicyclic) bond motifs is 1. The molecule has 0 N–H and O–H groups in total. The van der Waals surface area contributed by atoms with E-state index in [1.165, 1.54) is 7.11 Å². The predicted octanol–water partition coefficient (Wildman–Crippen LogP) is 3.04. The van der Waals surface area contributed by atoms with Gasteiger partial charge in [-0.2, -0.15) is 0 Å². The first-order chi connectivity index (χ1) is 11.2. The molecule has 0 amide bonds. The summed E-state index contributed by atoms with van der Waals surface area (Å²) < 4.78 is 21.9. The molecular weight excluding hydrogens is 296 g/mol. The largest absolute Gasteiger partial charge is 0.497 e. The smallest absolute Gasteiger partial charge is 0.199 e. The molecule has 2 aromatic rings. The highest BCUT2D eigenvalue weighted by Gasteiger charge is 2.38. The van der Waals surface area contributed by atoms with E-state index >= 15 is 0 Å². The zero-order valence-corrected chi connectivity index (χ0v) is 13.2. The van der Waals surface area contributed by atoms with E-state index in [0.29, 0.717) is 22.8 Å². The van der Waals surface area contributed by atoms with Gasteiger partial charge in [0, 0.05) is 13.2 Å². The first kappa shape index (κ1) is 15.4. The van der Waals surface area contributed by atoms with Gasteiger partial charge in [-0.05, 0) is 29.8 Å². The number of carbonyl (C=O) groups is 1. The summed E-state index contributed by atoms with van der Waals surface area (Å²) in [5.74, 6) is 1.72. The number of methoxy groups -OCH3 is 3. The summed E-state index contributed by atoms with van der Waals surface area (Å²) in [6.07, 6.45) is -1.25. The minimum atomic E-state index is -0.706. The molecular formula is C18H18O5. The number of benzene rings is 2. The fraction of sp³-hybridized carbons (Fsp3) is 0.278. The average molecular weight is 314 g/mol. The third-order valence-electron chi connectivity index (χ3n) is 3.92. The fourth-order valence-corrected chi connectivity index (χ4v) is 2.71. The van der Waals surface area contributed by atoms with Crippen molar-refractivity contribution < 1.29 is 23.7 Å². The summed E-state index contributed by atoms with van der Waals surface area (Å²) >= 11 is 0. The average Bonchev–Trinajstić information content (AvgIpc) is 2.61. The topological polar surface area (TPSA) is 54.0 Å². The van der Waals surface area contributed by atoms with E-state index < -0.39 is 12.2 Å². The minimum absolute atomic E-state index is 0.107. The van der Waals surface area contributed by atoms with Crippen molar-refractivity contribution in [2.75, 3.05) is 21.3 Å². The van der Waals surface area contributed by atoms with Gasteiger partial charge >= 0.3 is 0 Å². The fourth-order valence-electron chi connectivity index (χ4n) is 2.71. The lowest BCUT2D eigenvalue weighted by atomic mass is 9.93. The second kappa shape index (κ2) is 6.30. The Morgan fingerprint density at radius 1 is 0.957 bits per heavy atom. The van der Waals surface area contributed by atoms with Crippen molar-refractivity contribution in [2.45, 2.75) is 12.2 Å². The Kier molecular flexibility index (Phi) is 4.21. The lowest BCUT2D eigenvalue weighted by Crippen LogP contribution is -2.37. The number of rotatable bonds is 4. The van der Waals surface area contributed by atoms with Crippen molar-refractivity contribution in [1.82, 2.24) is 0 Å². The number of ketones is 1. The summed E-state index contributed by atoms with van der Waals surface area (Å²) in [6, 6.07) is 12.6. The molecule has 0 fully saturated rings. The van der Waals surface area contributed by atoms with Crippen LogP contribution in [0.25, 0.3) is 0 Å². The first-order valence-corrected chi connectivity index (χ1v) is 7.23. The van der Waals surface area contributed by atoms with Gasteiger partial charge in [-0.15, -0.1) is 0 Å². The van der Waals surface area contributed by atoms with Crippen LogP contribution in [0.1, 0.15) is 22.0 Å². The quantitative estimate of drug-likeness (QED) is 0.868. The maximum atomic E-state index is 12.7. The third-order valence-corrected chi connectivity index (χ3v) is 3.92. The standard InChI is InChI=1S/C18H18O5/c1-20-12-6-4-5-11(9-12)17-18(22-3)16(19)14-8-7-13(21-2)10-15(14)23-17/h4-10,17-18H,1-3H3/t17-,18-/m0/s1. The van der Waals surface area contributed by atoms with Gasteiger partial charge in [-0.1, -0.05) is 12.1 Å². The molecule has 23 heavy (non-hydrogen) atoms. The van der Waals surface area contributed by atoms with E-state index in [0.717, 1.165) is 5.56 Å². The van der Waals surface area contributed by atoms with Gasteiger partial charge in [-0.25, -0.2) is 0 Å². The highest BCUT2D eigenvalue weighted by Crippen LogP contribution is 2.38. The van der Waals surface area contributed by atoms with Crippen LogP contribution in [-0.4, -0.2) is 33.2 Å². The predicted molar refractivity (Wildman–Crippen MR) is 84.5 cm³/mol. The number of ether oxygens (including phenoxy) is 4. The van der Waals surface area contributed by atoms with Crippen LogP contribution in [0, 0.1) is 0 Å². The summed E-state index contributed by atoms with van der Waals surface area (Å²) in [5.41, 5.74) is 1.31. The molecule has 0 unspecified atom stereocenters. The Morgan fingerprint density at radius 3 is 2.39 bits per heavy atom. The zero-order valence-electron chi connectivity index (χ0n) is 13.2. The summed E-state index contributed by atoms with van der Waals surface area (Å²) in [5, 5.41) is 0. The van der Waals surface area contributed by atoms with Crippen LogP contribution in [0.4, 0.5) is 0 Å². The van der Waals surface area contributed by atoms with Gasteiger partial charge < -0.3 is 18.9 Å². The van der Waals surface area contributed by atoms with Crippen LogP contribution in [0.15, 0.2) is 42.5 Å². The lowest BCUT2D eigenvalue weighted by molar-refractivity contribution is -0.000746. The molecule has 120 valence electrons. The highest BCUT2D eigenvalue weighted by molar-refractivity contribution is 6.03.